The van der Waals surface area contributed by atoms with Crippen LogP contribution in [0.3, 0.4) is 0 Å². The minimum Gasteiger partial charge on any atom is -0.300 e. The molecule has 1 atom stereocenters. The van der Waals surface area contributed by atoms with E-state index < -0.39 is 0 Å². The molecule has 0 amide bonds. The molecule has 1 aliphatic rings. The first-order chi connectivity index (χ1) is 7.06. The highest BCUT2D eigenvalue weighted by Crippen LogP contribution is 2.38. The summed E-state index contributed by atoms with van der Waals surface area (Å²) >= 11 is 0. The Morgan fingerprint density at radius 1 is 1.60 bits per heavy atom. The van der Waals surface area contributed by atoms with Crippen molar-refractivity contribution >= 4 is 5.78 Å². The van der Waals surface area contributed by atoms with E-state index in [9.17, 15) is 4.79 Å². The molecule has 0 radical (unpaired) electrons. The molecule has 0 aromatic heterocycles. The van der Waals surface area contributed by atoms with E-state index in [0.29, 0.717) is 11.8 Å². The molecule has 0 aliphatic heterocycles. The molecule has 1 rings (SSSR count). The van der Waals surface area contributed by atoms with E-state index in [0.717, 1.165) is 6.42 Å². The van der Waals surface area contributed by atoms with Crippen molar-refractivity contribution in [3.05, 3.63) is 23.8 Å². The topological polar surface area (TPSA) is 17.1 Å². The lowest BCUT2D eigenvalue weighted by Gasteiger charge is -2.31. The van der Waals surface area contributed by atoms with E-state index in [4.69, 9.17) is 0 Å². The van der Waals surface area contributed by atoms with Crippen LogP contribution in [0, 0.1) is 5.41 Å². The summed E-state index contributed by atoms with van der Waals surface area (Å²) in [5.74, 6) is 0.237. The summed E-state index contributed by atoms with van der Waals surface area (Å²) in [5, 5.41) is 0. The number of carbonyl (C=O) groups is 1. The Hall–Kier alpha value is -0.850. The van der Waals surface area contributed by atoms with E-state index in [-0.39, 0.29) is 5.78 Å². The van der Waals surface area contributed by atoms with Gasteiger partial charge in [-0.3, -0.25) is 4.79 Å². The predicted octanol–water partition coefficient (Wildman–Crippen LogP) is 4.05. The molecule has 0 aromatic rings. The van der Waals surface area contributed by atoms with E-state index in [1.807, 2.05) is 6.08 Å². The summed E-state index contributed by atoms with van der Waals surface area (Å²) in [4.78, 5) is 10.8. The Labute approximate surface area is 93.3 Å². The van der Waals surface area contributed by atoms with Crippen LogP contribution in [0.4, 0.5) is 0 Å². The van der Waals surface area contributed by atoms with Crippen LogP contribution < -0.4 is 0 Å². The molecule has 15 heavy (non-hydrogen) atoms. The molecule has 1 unspecified atom stereocenters. The van der Waals surface area contributed by atoms with E-state index >= 15 is 0 Å². The molecule has 1 heteroatoms. The average molecular weight is 206 g/mol. The maximum Gasteiger partial charge on any atom is 0.133 e. The Balaban J connectivity index is 2.53. The van der Waals surface area contributed by atoms with Crippen molar-refractivity contribution in [3.63, 3.8) is 0 Å². The second kappa shape index (κ2) is 5.29. The molecule has 0 saturated carbocycles. The van der Waals surface area contributed by atoms with Crippen molar-refractivity contribution < 1.29 is 4.79 Å². The summed E-state index contributed by atoms with van der Waals surface area (Å²) in [6.07, 6.45) is 11.9. The number of hydrogen-bond donors (Lipinski definition) is 0. The number of Topliss-reactive ketones (excluding diaryl/α,β-unsaturated/α-hetero) is 1. The standard InChI is InChI=1S/C14H22O/c1-4-14(3)10-6-9-13(11-14)8-5-7-12(2)15/h5,8-9H,4,6-7,10-11H2,1-3H3. The van der Waals surface area contributed by atoms with Gasteiger partial charge in [0, 0.05) is 6.42 Å². The van der Waals surface area contributed by atoms with Crippen molar-refractivity contribution in [2.75, 3.05) is 0 Å². The number of carbonyl (C=O) groups excluding carboxylic acids is 1. The van der Waals surface area contributed by atoms with E-state index in [1.165, 1.54) is 24.8 Å². The molecular formula is C14H22O. The molecule has 1 nitrogen and oxygen atoms in total. The van der Waals surface area contributed by atoms with Gasteiger partial charge < -0.3 is 0 Å². The second-order valence-corrected chi connectivity index (χ2v) is 4.97. The van der Waals surface area contributed by atoms with Crippen LogP contribution in [-0.2, 0) is 4.79 Å². The van der Waals surface area contributed by atoms with Gasteiger partial charge in [-0.15, -0.1) is 0 Å². The summed E-state index contributed by atoms with van der Waals surface area (Å²) in [7, 11) is 0. The molecule has 0 aromatic carbocycles. The fraction of sp³-hybridized carbons (Fsp3) is 0.643. The molecule has 0 N–H and O–H groups in total. The lowest BCUT2D eigenvalue weighted by atomic mass is 9.74. The lowest BCUT2D eigenvalue weighted by molar-refractivity contribution is -0.116. The average Bonchev–Trinajstić information content (AvgIpc) is 2.17. The zero-order valence-electron chi connectivity index (χ0n) is 10.2. The molecule has 0 spiro atoms. The number of hydrogen-bond acceptors (Lipinski definition) is 1. The van der Waals surface area contributed by atoms with Gasteiger partial charge in [0.1, 0.15) is 5.78 Å². The van der Waals surface area contributed by atoms with Crippen molar-refractivity contribution in [1.29, 1.82) is 0 Å². The van der Waals surface area contributed by atoms with Crippen LogP contribution >= 0.6 is 0 Å². The smallest absolute Gasteiger partial charge is 0.133 e. The molecule has 0 bridgehead atoms. The van der Waals surface area contributed by atoms with Gasteiger partial charge in [-0.1, -0.05) is 44.1 Å². The zero-order chi connectivity index (χ0) is 11.3. The molecule has 84 valence electrons. The normalized spacial score (nSPS) is 26.7. The van der Waals surface area contributed by atoms with Crippen LogP contribution in [-0.4, -0.2) is 5.78 Å². The first-order valence-electron chi connectivity index (χ1n) is 5.91. The predicted molar refractivity (Wildman–Crippen MR) is 64.8 cm³/mol. The van der Waals surface area contributed by atoms with Gasteiger partial charge in [0.15, 0.2) is 0 Å². The van der Waals surface area contributed by atoms with Crippen molar-refractivity contribution in [1.82, 2.24) is 0 Å². The molecule has 0 fully saturated rings. The van der Waals surface area contributed by atoms with E-state index in [1.54, 1.807) is 6.92 Å². The highest BCUT2D eigenvalue weighted by molar-refractivity contribution is 5.77. The Morgan fingerprint density at radius 3 is 2.93 bits per heavy atom. The molecule has 0 saturated heterocycles. The summed E-state index contributed by atoms with van der Waals surface area (Å²) in [6, 6.07) is 0. The van der Waals surface area contributed by atoms with Crippen LogP contribution in [0.15, 0.2) is 23.8 Å². The van der Waals surface area contributed by atoms with Crippen LogP contribution in [0.25, 0.3) is 0 Å². The fourth-order valence-corrected chi connectivity index (χ4v) is 2.06. The lowest BCUT2D eigenvalue weighted by Crippen LogP contribution is -2.18. The van der Waals surface area contributed by atoms with Crippen LogP contribution in [0.1, 0.15) is 52.9 Å². The second-order valence-electron chi connectivity index (χ2n) is 4.97. The quantitative estimate of drug-likeness (QED) is 0.678. The maximum atomic E-state index is 10.8. The van der Waals surface area contributed by atoms with Crippen LogP contribution in [0.2, 0.25) is 0 Å². The van der Waals surface area contributed by atoms with Crippen molar-refractivity contribution in [2.45, 2.75) is 52.9 Å². The van der Waals surface area contributed by atoms with Gasteiger partial charge in [-0.2, -0.15) is 0 Å². The Morgan fingerprint density at radius 2 is 2.33 bits per heavy atom. The third-order valence-corrected chi connectivity index (χ3v) is 3.38. The highest BCUT2D eigenvalue weighted by Gasteiger charge is 2.24. The third kappa shape index (κ3) is 4.03. The number of rotatable bonds is 4. The van der Waals surface area contributed by atoms with Crippen LogP contribution in [0.5, 0.6) is 0 Å². The summed E-state index contributed by atoms with van der Waals surface area (Å²) < 4.78 is 0. The van der Waals surface area contributed by atoms with Gasteiger partial charge in [0.05, 0.1) is 0 Å². The highest BCUT2D eigenvalue weighted by atomic mass is 16.1. The largest absolute Gasteiger partial charge is 0.300 e. The van der Waals surface area contributed by atoms with Gasteiger partial charge in [0.2, 0.25) is 0 Å². The zero-order valence-corrected chi connectivity index (χ0v) is 10.2. The third-order valence-electron chi connectivity index (χ3n) is 3.38. The van der Waals surface area contributed by atoms with Gasteiger partial charge in [0.25, 0.3) is 0 Å². The molecular weight excluding hydrogens is 184 g/mol. The molecule has 1 aliphatic carbocycles. The SMILES string of the molecule is CCC1(C)CCC=C(C=CCC(C)=O)C1. The van der Waals surface area contributed by atoms with Gasteiger partial charge in [-0.05, 0) is 31.6 Å². The minimum absolute atomic E-state index is 0.237. The van der Waals surface area contributed by atoms with E-state index in [2.05, 4.69) is 26.0 Å². The summed E-state index contributed by atoms with van der Waals surface area (Å²) in [6.45, 7) is 6.26. The first-order valence-corrected chi connectivity index (χ1v) is 5.91. The fourth-order valence-electron chi connectivity index (χ4n) is 2.06. The monoisotopic (exact) mass is 206 g/mol. The van der Waals surface area contributed by atoms with Gasteiger partial charge in [-0.25, -0.2) is 0 Å². The Bertz CT molecular complexity index is 286. The first kappa shape index (κ1) is 12.2. The van der Waals surface area contributed by atoms with Crippen molar-refractivity contribution in [2.24, 2.45) is 5.41 Å². The molecule has 0 heterocycles. The Kier molecular flexibility index (Phi) is 4.31. The maximum absolute atomic E-state index is 10.8. The summed E-state index contributed by atoms with van der Waals surface area (Å²) in [5.41, 5.74) is 1.89. The minimum atomic E-state index is 0.237. The number of ketones is 1. The van der Waals surface area contributed by atoms with Crippen molar-refractivity contribution in [3.8, 4) is 0 Å². The van der Waals surface area contributed by atoms with Gasteiger partial charge >= 0.3 is 0 Å². The number of allylic oxidation sites excluding steroid dienone is 4.